The van der Waals surface area contributed by atoms with E-state index in [9.17, 15) is 9.59 Å². The first-order valence-electron chi connectivity index (χ1n) is 9.72. The second-order valence-electron chi connectivity index (χ2n) is 7.05. The van der Waals surface area contributed by atoms with Crippen LogP contribution >= 0.6 is 11.8 Å². The van der Waals surface area contributed by atoms with E-state index >= 15 is 0 Å². The Bertz CT molecular complexity index is 1010. The number of nitrogens with zero attached hydrogens (tertiary/aromatic N) is 4. The van der Waals surface area contributed by atoms with Gasteiger partial charge in [0.1, 0.15) is 0 Å². The average Bonchev–Trinajstić information content (AvgIpc) is 3.26. The predicted octanol–water partition coefficient (Wildman–Crippen LogP) is 3.96. The number of benzene rings is 2. The molecule has 0 aliphatic heterocycles. The monoisotopic (exact) mass is 422 g/mol. The third-order valence-corrected chi connectivity index (χ3v) is 5.50. The Balaban J connectivity index is 1.72. The van der Waals surface area contributed by atoms with E-state index in [1.54, 1.807) is 54.0 Å². The molecule has 0 radical (unpaired) electrons. The third kappa shape index (κ3) is 4.74. The molecular formula is C23H26N4O2S. The fourth-order valence-electron chi connectivity index (χ4n) is 3.14. The second kappa shape index (κ2) is 9.63. The second-order valence-corrected chi connectivity index (χ2v) is 7.82. The third-order valence-electron chi connectivity index (χ3n) is 4.83. The number of carbonyl (C=O) groups excluding carboxylic acids is 2. The maximum atomic E-state index is 13.0. The lowest BCUT2D eigenvalue weighted by molar-refractivity contribution is 0.0751. The summed E-state index contributed by atoms with van der Waals surface area (Å²) in [5, 5.41) is 0.903. The van der Waals surface area contributed by atoms with Gasteiger partial charge in [0.05, 0.1) is 0 Å². The molecule has 3 aromatic rings. The summed E-state index contributed by atoms with van der Waals surface area (Å²) in [5.41, 5.74) is 3.24. The van der Waals surface area contributed by atoms with E-state index in [0.29, 0.717) is 24.2 Å². The number of rotatable bonds is 7. The highest BCUT2D eigenvalue weighted by Crippen LogP contribution is 2.19. The molecular weight excluding hydrogens is 396 g/mol. The number of hydrogen-bond donors (Lipinski definition) is 0. The molecule has 1 aromatic heterocycles. The summed E-state index contributed by atoms with van der Waals surface area (Å²) in [6.07, 6.45) is 5.66. The van der Waals surface area contributed by atoms with Crippen molar-refractivity contribution in [2.45, 2.75) is 18.6 Å². The van der Waals surface area contributed by atoms with Crippen LogP contribution in [-0.2, 0) is 6.54 Å². The standard InChI is InChI=1S/C23H26N4O2S/c1-5-26(16-17-6-8-18(9-7-17)21(28)25(2)3)22(29)19-10-12-20(13-11-19)27-15-14-24-23(27)30-4/h6-15H,5,16H2,1-4H3. The van der Waals surface area contributed by atoms with Crippen LogP contribution in [0.2, 0.25) is 0 Å². The van der Waals surface area contributed by atoms with Gasteiger partial charge in [-0.2, -0.15) is 0 Å². The van der Waals surface area contributed by atoms with E-state index < -0.39 is 0 Å². The van der Waals surface area contributed by atoms with Gasteiger partial charge < -0.3 is 9.80 Å². The molecule has 0 saturated heterocycles. The highest BCUT2D eigenvalue weighted by Gasteiger charge is 2.16. The van der Waals surface area contributed by atoms with Crippen molar-refractivity contribution in [2.24, 2.45) is 0 Å². The van der Waals surface area contributed by atoms with Crippen molar-refractivity contribution >= 4 is 23.6 Å². The molecule has 0 aliphatic carbocycles. The van der Waals surface area contributed by atoms with Gasteiger partial charge in [-0.25, -0.2) is 4.98 Å². The van der Waals surface area contributed by atoms with Gasteiger partial charge in [-0.1, -0.05) is 23.9 Å². The molecule has 0 aliphatic rings. The van der Waals surface area contributed by atoms with Crippen LogP contribution in [0.4, 0.5) is 0 Å². The van der Waals surface area contributed by atoms with Gasteiger partial charge in [0.15, 0.2) is 5.16 Å². The molecule has 6 nitrogen and oxygen atoms in total. The molecule has 1 heterocycles. The summed E-state index contributed by atoms with van der Waals surface area (Å²) in [6.45, 7) is 3.05. The van der Waals surface area contributed by atoms with Gasteiger partial charge >= 0.3 is 0 Å². The minimum absolute atomic E-state index is 0.0202. The van der Waals surface area contributed by atoms with E-state index in [1.807, 2.05) is 60.3 Å². The number of hydrogen-bond acceptors (Lipinski definition) is 4. The zero-order valence-corrected chi connectivity index (χ0v) is 18.5. The maximum Gasteiger partial charge on any atom is 0.254 e. The average molecular weight is 423 g/mol. The lowest BCUT2D eigenvalue weighted by Gasteiger charge is -2.21. The van der Waals surface area contributed by atoms with Crippen molar-refractivity contribution in [1.82, 2.24) is 19.4 Å². The molecule has 156 valence electrons. The van der Waals surface area contributed by atoms with Crippen LogP contribution in [0.1, 0.15) is 33.2 Å². The molecule has 7 heteroatoms. The normalized spacial score (nSPS) is 10.7. The summed E-state index contributed by atoms with van der Waals surface area (Å²) in [6, 6.07) is 15.0. The molecule has 2 aromatic carbocycles. The first-order chi connectivity index (χ1) is 14.4. The van der Waals surface area contributed by atoms with Crippen molar-refractivity contribution in [3.63, 3.8) is 0 Å². The zero-order valence-electron chi connectivity index (χ0n) is 17.7. The molecule has 30 heavy (non-hydrogen) atoms. The highest BCUT2D eigenvalue weighted by molar-refractivity contribution is 7.98. The molecule has 0 N–H and O–H groups in total. The fraction of sp³-hybridized carbons (Fsp3) is 0.261. The van der Waals surface area contributed by atoms with Crippen LogP contribution in [0.25, 0.3) is 5.69 Å². The van der Waals surface area contributed by atoms with Crippen molar-refractivity contribution in [1.29, 1.82) is 0 Å². The van der Waals surface area contributed by atoms with Crippen molar-refractivity contribution < 1.29 is 9.59 Å². The largest absolute Gasteiger partial charge is 0.345 e. The van der Waals surface area contributed by atoms with Gasteiger partial charge in [-0.15, -0.1) is 0 Å². The maximum absolute atomic E-state index is 13.0. The van der Waals surface area contributed by atoms with E-state index in [4.69, 9.17) is 0 Å². The van der Waals surface area contributed by atoms with E-state index in [0.717, 1.165) is 16.4 Å². The van der Waals surface area contributed by atoms with Crippen LogP contribution in [0.3, 0.4) is 0 Å². The minimum atomic E-state index is -0.0346. The van der Waals surface area contributed by atoms with Crippen LogP contribution in [0.5, 0.6) is 0 Å². The number of amides is 2. The number of imidazole rings is 1. The minimum Gasteiger partial charge on any atom is -0.345 e. The summed E-state index contributed by atoms with van der Waals surface area (Å²) >= 11 is 1.57. The van der Waals surface area contributed by atoms with Gasteiger partial charge in [-0.05, 0) is 55.1 Å². The number of aromatic nitrogens is 2. The first kappa shape index (κ1) is 21.6. The number of thioether (sulfide) groups is 1. The van der Waals surface area contributed by atoms with E-state index in [1.165, 1.54) is 0 Å². The molecule has 0 atom stereocenters. The van der Waals surface area contributed by atoms with Gasteiger partial charge in [-0.3, -0.25) is 14.2 Å². The van der Waals surface area contributed by atoms with Gasteiger partial charge in [0, 0.05) is 56.4 Å². The van der Waals surface area contributed by atoms with Gasteiger partial charge in [0.25, 0.3) is 11.8 Å². The zero-order chi connectivity index (χ0) is 21.7. The lowest BCUT2D eigenvalue weighted by Crippen LogP contribution is -2.30. The quantitative estimate of drug-likeness (QED) is 0.541. The summed E-state index contributed by atoms with van der Waals surface area (Å²) in [4.78, 5) is 32.7. The number of carbonyl (C=O) groups is 2. The Morgan fingerprint density at radius 3 is 2.13 bits per heavy atom. The van der Waals surface area contributed by atoms with E-state index in [2.05, 4.69) is 4.98 Å². The Kier molecular flexibility index (Phi) is 6.95. The summed E-state index contributed by atoms with van der Waals surface area (Å²) in [5.74, 6) is -0.0548. The SMILES string of the molecule is CCN(Cc1ccc(C(=O)N(C)C)cc1)C(=O)c1ccc(-n2ccnc2SC)cc1. The summed E-state index contributed by atoms with van der Waals surface area (Å²) in [7, 11) is 3.46. The van der Waals surface area contributed by atoms with Crippen LogP contribution in [-0.4, -0.2) is 58.1 Å². The fourth-order valence-corrected chi connectivity index (χ4v) is 3.67. The highest BCUT2D eigenvalue weighted by atomic mass is 32.2. The van der Waals surface area contributed by atoms with Gasteiger partial charge in [0.2, 0.25) is 0 Å². The molecule has 0 bridgehead atoms. The Labute approximate surface area is 181 Å². The molecule has 0 spiro atoms. The van der Waals surface area contributed by atoms with Crippen molar-refractivity contribution in [3.05, 3.63) is 77.6 Å². The van der Waals surface area contributed by atoms with Crippen molar-refractivity contribution in [3.8, 4) is 5.69 Å². The Morgan fingerprint density at radius 2 is 1.57 bits per heavy atom. The van der Waals surface area contributed by atoms with Crippen molar-refractivity contribution in [2.75, 3.05) is 26.9 Å². The Hall–Kier alpha value is -3.06. The molecule has 0 unspecified atom stereocenters. The predicted molar refractivity (Wildman–Crippen MR) is 120 cm³/mol. The van der Waals surface area contributed by atoms with E-state index in [-0.39, 0.29) is 11.8 Å². The lowest BCUT2D eigenvalue weighted by atomic mass is 10.1. The first-order valence-corrected chi connectivity index (χ1v) is 10.9. The molecule has 0 fully saturated rings. The Morgan fingerprint density at radius 1 is 0.967 bits per heavy atom. The molecule has 0 saturated carbocycles. The summed E-state index contributed by atoms with van der Waals surface area (Å²) < 4.78 is 1.99. The van der Waals surface area contributed by atoms with Crippen LogP contribution in [0.15, 0.2) is 66.1 Å². The molecule has 2 amide bonds. The molecule has 3 rings (SSSR count). The van der Waals surface area contributed by atoms with Crippen LogP contribution < -0.4 is 0 Å². The van der Waals surface area contributed by atoms with Crippen LogP contribution in [0, 0.1) is 0 Å². The smallest absolute Gasteiger partial charge is 0.254 e. The topological polar surface area (TPSA) is 58.4 Å².